The molecule has 0 unspecified atom stereocenters. The fourth-order valence-electron chi connectivity index (χ4n) is 3.97. The Morgan fingerprint density at radius 2 is 1.77 bits per heavy atom. The molecule has 0 aliphatic heterocycles. The van der Waals surface area contributed by atoms with Crippen LogP contribution in [-0.2, 0) is 22.7 Å². The molecule has 0 aliphatic carbocycles. The van der Waals surface area contributed by atoms with E-state index in [9.17, 15) is 9.59 Å². The lowest BCUT2D eigenvalue weighted by Gasteiger charge is -2.39. The van der Waals surface area contributed by atoms with Gasteiger partial charge in [-0.25, -0.2) is 0 Å². The van der Waals surface area contributed by atoms with Crippen molar-refractivity contribution < 1.29 is 14.3 Å². The van der Waals surface area contributed by atoms with Gasteiger partial charge < -0.3 is 19.1 Å². The van der Waals surface area contributed by atoms with Gasteiger partial charge in [0.05, 0.1) is 25.6 Å². The van der Waals surface area contributed by atoms with Gasteiger partial charge >= 0.3 is 0 Å². The van der Waals surface area contributed by atoms with Gasteiger partial charge in [0.25, 0.3) is 0 Å². The Morgan fingerprint density at radius 3 is 2.34 bits per heavy atom. The third-order valence-corrected chi connectivity index (χ3v) is 6.62. The number of alkyl halides is 1. The summed E-state index contributed by atoms with van der Waals surface area (Å²) in [6.45, 7) is 15.5. The van der Waals surface area contributed by atoms with Gasteiger partial charge in [0.2, 0.25) is 11.8 Å². The molecule has 0 saturated carbocycles. The zero-order chi connectivity index (χ0) is 26.4. The van der Waals surface area contributed by atoms with Crippen LogP contribution in [0.3, 0.4) is 0 Å². The lowest BCUT2D eigenvalue weighted by Crippen LogP contribution is -2.52. The van der Waals surface area contributed by atoms with Crippen molar-refractivity contribution in [3.63, 3.8) is 0 Å². The molecule has 1 aromatic heterocycles. The van der Waals surface area contributed by atoms with Gasteiger partial charge in [0, 0.05) is 36.4 Å². The molecule has 35 heavy (non-hydrogen) atoms. The van der Waals surface area contributed by atoms with E-state index in [1.54, 1.807) is 12.0 Å². The molecule has 7 heteroatoms. The average molecular weight is 504 g/mol. The Balaban J connectivity index is 2.27. The maximum Gasteiger partial charge on any atom is 0.242 e. The predicted molar refractivity (Wildman–Crippen MR) is 143 cm³/mol. The Kier molecular flexibility index (Phi) is 9.85. The van der Waals surface area contributed by atoms with Crippen LogP contribution in [0.5, 0.6) is 5.75 Å². The maximum absolute atomic E-state index is 13.7. The average Bonchev–Trinajstić information content (AvgIpc) is 3.21. The van der Waals surface area contributed by atoms with E-state index in [-0.39, 0.29) is 30.2 Å². The van der Waals surface area contributed by atoms with Gasteiger partial charge in [-0.2, -0.15) is 0 Å². The van der Waals surface area contributed by atoms with Crippen LogP contribution < -0.4 is 4.74 Å². The third-order valence-electron chi connectivity index (χ3n) is 5.95. The highest BCUT2D eigenvalue weighted by atomic mass is 35.5. The minimum atomic E-state index is -0.727. The van der Waals surface area contributed by atoms with Gasteiger partial charge in [-0.1, -0.05) is 26.0 Å². The van der Waals surface area contributed by atoms with Crippen LogP contribution in [-0.4, -0.2) is 57.8 Å². The number of nitrogens with zero attached hydrogens (tertiary/aromatic N) is 3. The molecule has 194 valence electrons. The number of halogens is 1. The highest BCUT2D eigenvalue weighted by molar-refractivity contribution is 6.19. The maximum atomic E-state index is 13.7. The van der Waals surface area contributed by atoms with E-state index < -0.39 is 11.0 Å². The molecule has 0 spiro atoms. The first-order valence-electron chi connectivity index (χ1n) is 12.2. The molecule has 2 amide bonds. The number of hydrogen-bond acceptors (Lipinski definition) is 3. The summed E-state index contributed by atoms with van der Waals surface area (Å²) in [6, 6.07) is 12.0. The summed E-state index contributed by atoms with van der Waals surface area (Å²) in [7, 11) is 1.66. The first-order valence-corrected chi connectivity index (χ1v) is 12.7. The number of benzene rings is 1. The molecule has 0 fully saturated rings. The van der Waals surface area contributed by atoms with E-state index in [2.05, 4.69) is 10.6 Å². The lowest BCUT2D eigenvalue weighted by atomic mass is 9.93. The van der Waals surface area contributed by atoms with Crippen LogP contribution in [0.2, 0.25) is 0 Å². The number of carbonyl (C=O) groups excluding carboxylic acids is 2. The van der Waals surface area contributed by atoms with Crippen molar-refractivity contribution in [2.24, 2.45) is 11.3 Å². The van der Waals surface area contributed by atoms with Crippen LogP contribution in [0.1, 0.15) is 59.7 Å². The molecular weight excluding hydrogens is 462 g/mol. The molecule has 1 aromatic carbocycles. The second-order valence-electron chi connectivity index (χ2n) is 11.2. The molecule has 0 bridgehead atoms. The summed E-state index contributed by atoms with van der Waals surface area (Å²) >= 11 is 6.08. The number of amides is 2. The van der Waals surface area contributed by atoms with Crippen molar-refractivity contribution >= 4 is 23.4 Å². The van der Waals surface area contributed by atoms with Crippen molar-refractivity contribution in [1.82, 2.24) is 14.4 Å². The second kappa shape index (κ2) is 12.0. The topological polar surface area (TPSA) is 54.8 Å². The Morgan fingerprint density at radius 1 is 1.09 bits per heavy atom. The predicted octanol–water partition coefficient (Wildman–Crippen LogP) is 5.42. The number of hydrogen-bond donors (Lipinski definition) is 0. The number of rotatable bonds is 11. The Bertz CT molecular complexity index is 991. The summed E-state index contributed by atoms with van der Waals surface area (Å²) in [5.41, 5.74) is 0.997. The fourth-order valence-corrected chi connectivity index (χ4v) is 4.08. The smallest absolute Gasteiger partial charge is 0.242 e. The quantitative estimate of drug-likeness (QED) is 0.384. The zero-order valence-corrected chi connectivity index (χ0v) is 23.4. The Hall–Kier alpha value is -2.47. The number of aromatic nitrogens is 1. The molecule has 0 atom stereocenters. The minimum absolute atomic E-state index is 0.0329. The molecule has 0 N–H and O–H groups in total. The summed E-state index contributed by atoms with van der Waals surface area (Å²) in [5.74, 6) is 1.09. The molecule has 0 saturated heterocycles. The Labute approximate surface area is 216 Å². The number of ether oxygens (including phenoxy) is 1. The summed E-state index contributed by atoms with van der Waals surface area (Å²) in [4.78, 5) is 30.4. The van der Waals surface area contributed by atoms with Crippen LogP contribution in [0.4, 0.5) is 0 Å². The van der Waals surface area contributed by atoms with Gasteiger partial charge in [0.1, 0.15) is 5.75 Å². The van der Waals surface area contributed by atoms with Crippen molar-refractivity contribution in [1.29, 1.82) is 0 Å². The van der Waals surface area contributed by atoms with Crippen LogP contribution in [0, 0.1) is 11.3 Å². The molecule has 0 aliphatic rings. The van der Waals surface area contributed by atoms with Gasteiger partial charge in [0.15, 0.2) is 0 Å². The molecule has 6 nitrogen and oxygen atoms in total. The standard InChI is InChI=1S/C28H42ClN3O3/c1-21(2)16-31(26(34)28(6,7)20-29)19-25(33)32(27(3,4)5)18-23-12-10-14-30(23)17-22-11-9-13-24(15-22)35-8/h9-15,21H,16-20H2,1-8H3. The van der Waals surface area contributed by atoms with Crippen LogP contribution in [0.15, 0.2) is 42.6 Å². The number of methoxy groups -OCH3 is 1. The van der Waals surface area contributed by atoms with E-state index in [1.165, 1.54) is 0 Å². The lowest BCUT2D eigenvalue weighted by molar-refractivity contribution is -0.148. The van der Waals surface area contributed by atoms with Gasteiger partial charge in [-0.15, -0.1) is 11.6 Å². The van der Waals surface area contributed by atoms with Crippen molar-refractivity contribution in [3.8, 4) is 5.75 Å². The molecule has 1 heterocycles. The highest BCUT2D eigenvalue weighted by Crippen LogP contribution is 2.24. The summed E-state index contributed by atoms with van der Waals surface area (Å²) in [6.07, 6.45) is 2.03. The van der Waals surface area contributed by atoms with Crippen molar-refractivity contribution in [2.45, 2.75) is 67.1 Å². The normalized spacial score (nSPS) is 12.1. The molecule has 0 radical (unpaired) electrons. The molecular formula is C28H42ClN3O3. The molecule has 2 rings (SSSR count). The van der Waals surface area contributed by atoms with E-state index in [0.29, 0.717) is 19.6 Å². The van der Waals surface area contributed by atoms with Crippen LogP contribution >= 0.6 is 11.6 Å². The summed E-state index contributed by atoms with van der Waals surface area (Å²) in [5, 5.41) is 0. The SMILES string of the molecule is COc1cccc(Cn2cccc2CN(C(=O)CN(CC(C)C)C(=O)C(C)(C)CCl)C(C)(C)C)c1. The van der Waals surface area contributed by atoms with Crippen molar-refractivity contribution in [3.05, 3.63) is 53.9 Å². The van der Waals surface area contributed by atoms with E-state index >= 15 is 0 Å². The number of carbonyl (C=O) groups is 2. The molecule has 2 aromatic rings. The summed E-state index contributed by atoms with van der Waals surface area (Å²) < 4.78 is 7.51. The van der Waals surface area contributed by atoms with E-state index in [1.807, 2.05) is 89.9 Å². The zero-order valence-electron chi connectivity index (χ0n) is 22.6. The first kappa shape index (κ1) is 28.8. The monoisotopic (exact) mass is 503 g/mol. The third kappa shape index (κ3) is 8.03. The van der Waals surface area contributed by atoms with E-state index in [0.717, 1.165) is 17.0 Å². The minimum Gasteiger partial charge on any atom is -0.497 e. The van der Waals surface area contributed by atoms with Crippen molar-refractivity contribution in [2.75, 3.05) is 26.1 Å². The highest BCUT2D eigenvalue weighted by Gasteiger charge is 2.35. The van der Waals surface area contributed by atoms with E-state index in [4.69, 9.17) is 16.3 Å². The van der Waals surface area contributed by atoms with Crippen LogP contribution in [0.25, 0.3) is 0 Å². The largest absolute Gasteiger partial charge is 0.497 e. The first-order chi connectivity index (χ1) is 16.3. The van der Waals surface area contributed by atoms with Gasteiger partial charge in [-0.05, 0) is 70.4 Å². The second-order valence-corrected chi connectivity index (χ2v) is 11.5. The van der Waals surface area contributed by atoms with Gasteiger partial charge in [-0.3, -0.25) is 9.59 Å². The fraction of sp³-hybridized carbons (Fsp3) is 0.571.